The van der Waals surface area contributed by atoms with Gasteiger partial charge in [0.05, 0.1) is 18.5 Å². The Morgan fingerprint density at radius 1 is 0.971 bits per heavy atom. The maximum atomic E-state index is 13.2. The van der Waals surface area contributed by atoms with E-state index < -0.39 is 11.7 Å². The van der Waals surface area contributed by atoms with E-state index in [9.17, 15) is 9.59 Å². The fraction of sp³-hybridized carbons (Fsp3) is 0.296. The first-order chi connectivity index (χ1) is 16.7. The van der Waals surface area contributed by atoms with Gasteiger partial charge in [-0.25, -0.2) is 9.78 Å². The molecule has 182 valence electrons. The second kappa shape index (κ2) is 10.0. The van der Waals surface area contributed by atoms with Crippen LogP contribution in [0, 0.1) is 0 Å². The molecule has 8 nitrogen and oxygen atoms in total. The molecule has 0 fully saturated rings. The summed E-state index contributed by atoms with van der Waals surface area (Å²) in [4.78, 5) is 30.1. The van der Waals surface area contributed by atoms with Crippen molar-refractivity contribution in [3.05, 3.63) is 77.5 Å². The van der Waals surface area contributed by atoms with Gasteiger partial charge in [0.25, 0.3) is 5.91 Å². The average Bonchev–Trinajstić information content (AvgIpc) is 3.20. The summed E-state index contributed by atoms with van der Waals surface area (Å²) in [6.45, 7) is 5.35. The highest BCUT2D eigenvalue weighted by Gasteiger charge is 2.24. The van der Waals surface area contributed by atoms with Crippen LogP contribution in [0.5, 0.6) is 5.75 Å². The quantitative estimate of drug-likeness (QED) is 0.461. The lowest BCUT2D eigenvalue weighted by Crippen LogP contribution is -2.36. The molecule has 1 aromatic heterocycles. The van der Waals surface area contributed by atoms with Gasteiger partial charge < -0.3 is 20.1 Å². The van der Waals surface area contributed by atoms with Crippen LogP contribution in [0.4, 0.5) is 22.0 Å². The van der Waals surface area contributed by atoms with Crippen LogP contribution in [0.2, 0.25) is 0 Å². The maximum Gasteiger partial charge on any atom is 0.412 e. The van der Waals surface area contributed by atoms with Crippen LogP contribution in [-0.4, -0.2) is 35.7 Å². The molecular weight excluding hydrogens is 444 g/mol. The van der Waals surface area contributed by atoms with Crippen LogP contribution in [0.1, 0.15) is 42.4 Å². The van der Waals surface area contributed by atoms with Crippen molar-refractivity contribution in [3.8, 4) is 5.75 Å². The number of benzene rings is 2. The largest absolute Gasteiger partial charge is 0.495 e. The van der Waals surface area contributed by atoms with Crippen LogP contribution < -0.4 is 20.7 Å². The Morgan fingerprint density at radius 2 is 1.63 bits per heavy atom. The lowest BCUT2D eigenvalue weighted by molar-refractivity contribution is 0.0635. The number of para-hydroxylation sites is 2. The number of amides is 2. The zero-order chi connectivity index (χ0) is 25.0. The minimum atomic E-state index is -0.659. The summed E-state index contributed by atoms with van der Waals surface area (Å²) in [6, 6.07) is 18.7. The topological polar surface area (TPSA) is 102 Å². The molecule has 35 heavy (non-hydrogen) atoms. The smallest absolute Gasteiger partial charge is 0.412 e. The zero-order valence-electron chi connectivity index (χ0n) is 20.3. The monoisotopic (exact) mass is 474 g/mol. The standard InChI is InChI=1S/C27H30N4O4/c1-27(2,3)35-26(33)29-20-15-22(25(32)28-19-13-17-9-5-6-10-18(17)14-19)31-24(16-20)30-21-11-7-8-12-23(21)34-4/h5-12,15-16,19H,13-14H2,1-4H3,(H,28,32)(H2,29,30,31,33). The van der Waals surface area contributed by atoms with E-state index in [1.807, 2.05) is 36.4 Å². The van der Waals surface area contributed by atoms with Crippen molar-refractivity contribution < 1.29 is 19.1 Å². The van der Waals surface area contributed by atoms with Crippen molar-refractivity contribution in [1.82, 2.24) is 10.3 Å². The molecule has 0 unspecified atom stereocenters. The lowest BCUT2D eigenvalue weighted by Gasteiger charge is -2.20. The van der Waals surface area contributed by atoms with Gasteiger partial charge in [0.2, 0.25) is 0 Å². The average molecular weight is 475 g/mol. The summed E-state index contributed by atoms with van der Waals surface area (Å²) in [5, 5.41) is 8.96. The van der Waals surface area contributed by atoms with Gasteiger partial charge >= 0.3 is 6.09 Å². The third-order valence-electron chi connectivity index (χ3n) is 5.46. The molecule has 0 radical (unpaired) electrons. The number of methoxy groups -OCH3 is 1. The fourth-order valence-electron chi connectivity index (χ4n) is 4.01. The van der Waals surface area contributed by atoms with Crippen LogP contribution in [0.3, 0.4) is 0 Å². The molecule has 0 spiro atoms. The second-order valence-corrected chi connectivity index (χ2v) is 9.43. The number of aromatic nitrogens is 1. The Bertz CT molecular complexity index is 1210. The Hall–Kier alpha value is -4.07. The van der Waals surface area contributed by atoms with E-state index in [2.05, 4.69) is 33.1 Å². The number of nitrogens with zero attached hydrogens (tertiary/aromatic N) is 1. The molecule has 2 amide bonds. The Kier molecular flexibility index (Phi) is 6.91. The van der Waals surface area contributed by atoms with Crippen molar-refractivity contribution in [2.24, 2.45) is 0 Å². The molecule has 1 heterocycles. The normalized spacial score (nSPS) is 13.0. The van der Waals surface area contributed by atoms with Gasteiger partial charge in [-0.2, -0.15) is 0 Å². The third kappa shape index (κ3) is 6.29. The van der Waals surface area contributed by atoms with E-state index >= 15 is 0 Å². The lowest BCUT2D eigenvalue weighted by atomic mass is 10.1. The zero-order valence-corrected chi connectivity index (χ0v) is 20.3. The summed E-state index contributed by atoms with van der Waals surface area (Å²) >= 11 is 0. The number of nitrogens with one attached hydrogen (secondary N) is 3. The van der Waals surface area contributed by atoms with E-state index in [1.54, 1.807) is 33.9 Å². The van der Waals surface area contributed by atoms with E-state index in [4.69, 9.17) is 9.47 Å². The van der Waals surface area contributed by atoms with Gasteiger partial charge in [0.1, 0.15) is 22.9 Å². The van der Waals surface area contributed by atoms with E-state index in [1.165, 1.54) is 17.2 Å². The molecule has 1 aliphatic carbocycles. The van der Waals surface area contributed by atoms with Gasteiger partial charge in [0.15, 0.2) is 0 Å². The predicted octanol–water partition coefficient (Wildman–Crippen LogP) is 5.08. The first-order valence-corrected chi connectivity index (χ1v) is 11.5. The van der Waals surface area contributed by atoms with Crippen molar-refractivity contribution in [2.45, 2.75) is 45.3 Å². The second-order valence-electron chi connectivity index (χ2n) is 9.43. The first-order valence-electron chi connectivity index (χ1n) is 11.5. The summed E-state index contributed by atoms with van der Waals surface area (Å²) in [5.74, 6) is 0.677. The van der Waals surface area contributed by atoms with Gasteiger partial charge in [-0.15, -0.1) is 0 Å². The van der Waals surface area contributed by atoms with Gasteiger partial charge in [-0.05, 0) is 62.9 Å². The summed E-state index contributed by atoms with van der Waals surface area (Å²) in [7, 11) is 1.58. The van der Waals surface area contributed by atoms with Crippen LogP contribution in [-0.2, 0) is 17.6 Å². The fourth-order valence-corrected chi connectivity index (χ4v) is 4.01. The Balaban J connectivity index is 1.57. The molecule has 1 aliphatic rings. The summed E-state index contributed by atoms with van der Waals surface area (Å²) in [5.41, 5.74) is 3.05. The molecule has 4 rings (SSSR count). The SMILES string of the molecule is COc1ccccc1Nc1cc(NC(=O)OC(C)(C)C)cc(C(=O)NC2Cc3ccccc3C2)n1. The van der Waals surface area contributed by atoms with Crippen LogP contribution in [0.15, 0.2) is 60.7 Å². The molecule has 0 atom stereocenters. The Labute approximate surface area is 205 Å². The van der Waals surface area contributed by atoms with E-state index in [-0.39, 0.29) is 17.6 Å². The van der Waals surface area contributed by atoms with Crippen molar-refractivity contribution >= 4 is 29.2 Å². The van der Waals surface area contributed by atoms with Gasteiger partial charge in [-0.1, -0.05) is 36.4 Å². The highest BCUT2D eigenvalue weighted by molar-refractivity contribution is 5.95. The molecule has 0 saturated carbocycles. The minimum absolute atomic E-state index is 0.0187. The molecule has 0 saturated heterocycles. The number of rotatable bonds is 6. The molecular formula is C27H30N4O4. The number of anilines is 3. The third-order valence-corrected chi connectivity index (χ3v) is 5.46. The highest BCUT2D eigenvalue weighted by Crippen LogP contribution is 2.28. The molecule has 0 bridgehead atoms. The first kappa shape index (κ1) is 24.1. The number of carbonyl (C=O) groups excluding carboxylic acids is 2. The molecule has 3 N–H and O–H groups in total. The number of fused-ring (bicyclic) bond motifs is 1. The Morgan fingerprint density at radius 3 is 2.29 bits per heavy atom. The van der Waals surface area contributed by atoms with Gasteiger partial charge in [-0.3, -0.25) is 10.1 Å². The van der Waals surface area contributed by atoms with Gasteiger partial charge in [0, 0.05) is 12.1 Å². The van der Waals surface area contributed by atoms with Crippen LogP contribution >= 0.6 is 0 Å². The molecule has 2 aromatic carbocycles. The van der Waals surface area contributed by atoms with Crippen molar-refractivity contribution in [2.75, 3.05) is 17.7 Å². The van der Waals surface area contributed by atoms with Crippen molar-refractivity contribution in [3.63, 3.8) is 0 Å². The van der Waals surface area contributed by atoms with Crippen molar-refractivity contribution in [1.29, 1.82) is 0 Å². The van der Waals surface area contributed by atoms with E-state index in [0.717, 1.165) is 12.8 Å². The maximum absolute atomic E-state index is 13.2. The summed E-state index contributed by atoms with van der Waals surface area (Å²) in [6.07, 6.45) is 0.915. The highest BCUT2D eigenvalue weighted by atomic mass is 16.6. The number of ether oxygens (including phenoxy) is 2. The summed E-state index contributed by atoms with van der Waals surface area (Å²) < 4.78 is 10.8. The number of hydrogen-bond donors (Lipinski definition) is 3. The van der Waals surface area contributed by atoms with E-state index in [0.29, 0.717) is 22.9 Å². The number of pyridine rings is 1. The molecule has 8 heteroatoms. The predicted molar refractivity (Wildman–Crippen MR) is 135 cm³/mol. The number of hydrogen-bond acceptors (Lipinski definition) is 6. The molecule has 3 aromatic rings. The minimum Gasteiger partial charge on any atom is -0.495 e. The number of carbonyl (C=O) groups is 2. The van der Waals surface area contributed by atoms with Crippen LogP contribution in [0.25, 0.3) is 0 Å². The molecule has 0 aliphatic heterocycles.